The number of amides is 1. The van der Waals surface area contributed by atoms with Gasteiger partial charge in [-0.3, -0.25) is 9.00 Å². The molecule has 0 saturated heterocycles. The van der Waals surface area contributed by atoms with Crippen molar-refractivity contribution in [1.82, 2.24) is 5.32 Å². The Morgan fingerprint density at radius 2 is 2.05 bits per heavy atom. The van der Waals surface area contributed by atoms with Crippen LogP contribution in [0, 0.1) is 0 Å². The highest BCUT2D eigenvalue weighted by Crippen LogP contribution is 2.21. The summed E-state index contributed by atoms with van der Waals surface area (Å²) >= 11 is 0. The minimum atomic E-state index is -0.949. The van der Waals surface area contributed by atoms with E-state index in [-0.39, 0.29) is 11.9 Å². The molecule has 0 aromatic heterocycles. The molecular formula is C17H23NO2S. The van der Waals surface area contributed by atoms with E-state index in [9.17, 15) is 9.00 Å². The zero-order valence-electron chi connectivity index (χ0n) is 12.5. The molecule has 3 nitrogen and oxygen atoms in total. The van der Waals surface area contributed by atoms with Gasteiger partial charge >= 0.3 is 0 Å². The van der Waals surface area contributed by atoms with Crippen LogP contribution >= 0.6 is 0 Å². The maximum atomic E-state index is 12.2. The molecule has 1 amide bonds. The Labute approximate surface area is 129 Å². The van der Waals surface area contributed by atoms with Gasteiger partial charge in [-0.2, -0.15) is 0 Å². The molecule has 0 radical (unpaired) electrons. The van der Waals surface area contributed by atoms with Gasteiger partial charge in [-0.25, -0.2) is 0 Å². The SMILES string of the molecule is CS(=O)CC(NC(=O)CC1=CCCCC1)c1ccccc1. The van der Waals surface area contributed by atoms with Crippen molar-refractivity contribution in [2.45, 2.75) is 38.1 Å². The molecule has 114 valence electrons. The van der Waals surface area contributed by atoms with E-state index in [0.29, 0.717) is 12.2 Å². The highest BCUT2D eigenvalue weighted by molar-refractivity contribution is 7.84. The van der Waals surface area contributed by atoms with Crippen LogP contribution in [0.4, 0.5) is 0 Å². The third kappa shape index (κ3) is 5.46. The van der Waals surface area contributed by atoms with Crippen LogP contribution in [0.2, 0.25) is 0 Å². The van der Waals surface area contributed by atoms with E-state index in [2.05, 4.69) is 11.4 Å². The summed E-state index contributed by atoms with van der Waals surface area (Å²) in [4.78, 5) is 12.2. The second kappa shape index (κ2) is 8.13. The number of rotatable bonds is 6. The lowest BCUT2D eigenvalue weighted by molar-refractivity contribution is -0.121. The van der Waals surface area contributed by atoms with Gasteiger partial charge in [0.05, 0.1) is 6.04 Å². The first-order valence-electron chi connectivity index (χ1n) is 7.47. The number of carbonyl (C=O) groups is 1. The fourth-order valence-corrected chi connectivity index (χ4v) is 3.40. The van der Waals surface area contributed by atoms with Crippen molar-refractivity contribution in [3.05, 3.63) is 47.5 Å². The topological polar surface area (TPSA) is 46.2 Å². The number of nitrogens with one attached hydrogen (secondary N) is 1. The lowest BCUT2D eigenvalue weighted by Crippen LogP contribution is -2.32. The average Bonchev–Trinajstić information content (AvgIpc) is 2.48. The Morgan fingerprint density at radius 3 is 2.67 bits per heavy atom. The molecule has 1 aliphatic carbocycles. The molecule has 0 spiro atoms. The summed E-state index contributed by atoms with van der Waals surface area (Å²) in [5, 5.41) is 3.04. The van der Waals surface area contributed by atoms with Gasteiger partial charge in [0.25, 0.3) is 0 Å². The Kier molecular flexibility index (Phi) is 6.18. The van der Waals surface area contributed by atoms with Gasteiger partial charge in [0.1, 0.15) is 0 Å². The van der Waals surface area contributed by atoms with E-state index in [0.717, 1.165) is 18.4 Å². The van der Waals surface area contributed by atoms with Crippen LogP contribution in [0.25, 0.3) is 0 Å². The molecule has 1 aromatic carbocycles. The lowest BCUT2D eigenvalue weighted by Gasteiger charge is -2.19. The third-order valence-corrected chi connectivity index (χ3v) is 4.51. The van der Waals surface area contributed by atoms with Gasteiger partial charge in [0.15, 0.2) is 0 Å². The summed E-state index contributed by atoms with van der Waals surface area (Å²) in [6.45, 7) is 0. The molecule has 0 aliphatic heterocycles. The quantitative estimate of drug-likeness (QED) is 0.821. The van der Waals surface area contributed by atoms with E-state index in [1.165, 1.54) is 18.4 Å². The number of carbonyl (C=O) groups excluding carboxylic acids is 1. The fraction of sp³-hybridized carbons (Fsp3) is 0.471. The molecular weight excluding hydrogens is 282 g/mol. The lowest BCUT2D eigenvalue weighted by atomic mass is 9.97. The van der Waals surface area contributed by atoms with Gasteiger partial charge in [0, 0.05) is 29.2 Å². The molecule has 1 aromatic rings. The van der Waals surface area contributed by atoms with Crippen LogP contribution in [0.3, 0.4) is 0 Å². The summed E-state index contributed by atoms with van der Waals surface area (Å²) in [7, 11) is -0.949. The molecule has 2 rings (SSSR count). The first kappa shape index (κ1) is 16.0. The van der Waals surface area contributed by atoms with Crippen LogP contribution < -0.4 is 5.32 Å². The second-order valence-corrected chi connectivity index (χ2v) is 7.04. The number of hydrogen-bond acceptors (Lipinski definition) is 2. The monoisotopic (exact) mass is 305 g/mol. The molecule has 0 fully saturated rings. The van der Waals surface area contributed by atoms with Crippen LogP contribution in [0.15, 0.2) is 42.0 Å². The van der Waals surface area contributed by atoms with Crippen molar-refractivity contribution in [2.75, 3.05) is 12.0 Å². The Hall–Kier alpha value is -1.42. The maximum absolute atomic E-state index is 12.2. The fourth-order valence-electron chi connectivity index (χ4n) is 2.66. The van der Waals surface area contributed by atoms with Gasteiger partial charge < -0.3 is 5.32 Å². The zero-order valence-corrected chi connectivity index (χ0v) is 13.3. The Bertz CT molecular complexity index is 525. The molecule has 0 heterocycles. The Morgan fingerprint density at radius 1 is 1.29 bits per heavy atom. The van der Waals surface area contributed by atoms with Crippen LogP contribution in [-0.4, -0.2) is 22.1 Å². The van der Waals surface area contributed by atoms with Crippen molar-refractivity contribution in [1.29, 1.82) is 0 Å². The molecule has 2 atom stereocenters. The molecule has 21 heavy (non-hydrogen) atoms. The smallest absolute Gasteiger partial charge is 0.224 e. The van der Waals surface area contributed by atoms with Crippen molar-refractivity contribution in [2.24, 2.45) is 0 Å². The van der Waals surface area contributed by atoms with E-state index < -0.39 is 10.8 Å². The van der Waals surface area contributed by atoms with E-state index in [1.54, 1.807) is 6.26 Å². The summed E-state index contributed by atoms with van der Waals surface area (Å²) < 4.78 is 11.5. The summed E-state index contributed by atoms with van der Waals surface area (Å²) in [6, 6.07) is 9.59. The second-order valence-electron chi connectivity index (χ2n) is 5.56. The summed E-state index contributed by atoms with van der Waals surface area (Å²) in [6.07, 6.45) is 8.86. The largest absolute Gasteiger partial charge is 0.348 e. The molecule has 0 bridgehead atoms. The van der Waals surface area contributed by atoms with Crippen molar-refractivity contribution in [3.8, 4) is 0 Å². The average molecular weight is 305 g/mol. The molecule has 2 unspecified atom stereocenters. The molecule has 1 N–H and O–H groups in total. The predicted octanol–water partition coefficient (Wildman–Crippen LogP) is 3.11. The summed E-state index contributed by atoms with van der Waals surface area (Å²) in [5.74, 6) is 0.483. The van der Waals surface area contributed by atoms with Crippen molar-refractivity contribution >= 4 is 16.7 Å². The minimum Gasteiger partial charge on any atom is -0.348 e. The van der Waals surface area contributed by atoms with E-state index in [4.69, 9.17) is 0 Å². The van der Waals surface area contributed by atoms with Gasteiger partial charge in [-0.15, -0.1) is 0 Å². The highest BCUT2D eigenvalue weighted by Gasteiger charge is 2.17. The third-order valence-electron chi connectivity index (χ3n) is 3.71. The van der Waals surface area contributed by atoms with Gasteiger partial charge in [0.2, 0.25) is 5.91 Å². The van der Waals surface area contributed by atoms with E-state index >= 15 is 0 Å². The van der Waals surface area contributed by atoms with Crippen LogP contribution in [0.5, 0.6) is 0 Å². The number of allylic oxidation sites excluding steroid dienone is 1. The van der Waals surface area contributed by atoms with E-state index in [1.807, 2.05) is 30.3 Å². The zero-order chi connectivity index (χ0) is 15.1. The molecule has 4 heteroatoms. The molecule has 0 saturated carbocycles. The minimum absolute atomic E-state index is 0.0300. The van der Waals surface area contributed by atoms with Crippen molar-refractivity contribution < 1.29 is 9.00 Å². The van der Waals surface area contributed by atoms with Crippen LogP contribution in [0.1, 0.15) is 43.7 Å². The predicted molar refractivity (Wildman–Crippen MR) is 87.4 cm³/mol. The normalized spacial score (nSPS) is 17.7. The van der Waals surface area contributed by atoms with Gasteiger partial charge in [-0.05, 0) is 31.2 Å². The first-order chi connectivity index (χ1) is 10.1. The van der Waals surface area contributed by atoms with Crippen LogP contribution in [-0.2, 0) is 15.6 Å². The Balaban J connectivity index is 1.99. The number of hydrogen-bond donors (Lipinski definition) is 1. The molecule has 1 aliphatic rings. The highest BCUT2D eigenvalue weighted by atomic mass is 32.2. The van der Waals surface area contributed by atoms with Gasteiger partial charge in [-0.1, -0.05) is 42.0 Å². The standard InChI is InChI=1S/C17H23NO2S/c1-21(20)13-16(15-10-6-3-7-11-15)18-17(19)12-14-8-4-2-5-9-14/h3,6-8,10-11,16H,2,4-5,9,12-13H2,1H3,(H,18,19). The van der Waals surface area contributed by atoms with Crippen molar-refractivity contribution in [3.63, 3.8) is 0 Å². The maximum Gasteiger partial charge on any atom is 0.224 e. The first-order valence-corrected chi connectivity index (χ1v) is 9.20. The number of benzene rings is 1. The summed E-state index contributed by atoms with van der Waals surface area (Å²) in [5.41, 5.74) is 2.25.